The molecule has 346 valence electrons. The fourth-order valence-electron chi connectivity index (χ4n) is 6.99. The molecule has 21 heteroatoms. The molecule has 0 unspecified atom stereocenters. The van der Waals surface area contributed by atoms with E-state index in [1.165, 1.54) is 0 Å². The zero-order valence-corrected chi connectivity index (χ0v) is 35.8. The van der Waals surface area contributed by atoms with E-state index in [0.29, 0.717) is 53.2 Å². The number of hydrogen-bond donors (Lipinski definition) is 13. The highest BCUT2D eigenvalue weighted by molar-refractivity contribution is 5.98. The number of nitrogens with two attached hydrogens (primary N) is 2. The Morgan fingerprint density at radius 1 is 0.641 bits per heavy atom. The predicted molar refractivity (Wildman–Crippen MR) is 234 cm³/mol. The van der Waals surface area contributed by atoms with Crippen molar-refractivity contribution in [3.63, 3.8) is 0 Å². The molecule has 0 saturated carbocycles. The molecule has 2 aromatic carbocycles. The lowest BCUT2D eigenvalue weighted by Gasteiger charge is -2.28. The Balaban J connectivity index is 1.55. The number of benzene rings is 2. The fraction of sp³-hybridized carbons (Fsp3) is 0.442. The van der Waals surface area contributed by atoms with Crippen LogP contribution in [0, 0.1) is 5.92 Å². The number of aliphatic hydroxyl groups is 1. The van der Waals surface area contributed by atoms with Crippen molar-refractivity contribution in [1.82, 2.24) is 41.9 Å². The average molecular weight is 891 g/mol. The van der Waals surface area contributed by atoms with Gasteiger partial charge in [-0.3, -0.25) is 33.6 Å². The molecule has 21 nitrogen and oxygen atoms in total. The standard InChI is InChI=1S/C43H58N10O11/c1-22(2)36(43(63)64)52-40(60)32(17-25-20-47-30-14-7-5-11-27(25)30)51-42(62)37(23(3)54)53-41(61)33(18-35(56)57)50-39(59)31(16-24-19-46-29-13-6-4-10-26(24)29)49-34(55)21-48-38(58)28(45)12-8-9-15-44/h4-7,10-11,13-14,19-20,22-23,28,31-33,36-37,46-47,54H,8-9,12,15-18,21,44-45H2,1-3H3,(H,48,58)(H,49,55)(H,50,59)(H,51,62)(H,52,60)(H,53,61)(H,56,57)(H,63,64)/t23-,28+,31+,32+,33+,36+,37+/m1/s1. The molecular formula is C43H58N10O11. The largest absolute Gasteiger partial charge is 0.481 e. The van der Waals surface area contributed by atoms with Crippen LogP contribution in [0.2, 0.25) is 0 Å². The van der Waals surface area contributed by atoms with Gasteiger partial charge in [-0.2, -0.15) is 0 Å². The summed E-state index contributed by atoms with van der Waals surface area (Å²) in [6.45, 7) is 4.17. The highest BCUT2D eigenvalue weighted by Crippen LogP contribution is 2.21. The van der Waals surface area contributed by atoms with Gasteiger partial charge in [0.15, 0.2) is 0 Å². The van der Waals surface area contributed by atoms with Crippen molar-refractivity contribution in [1.29, 1.82) is 0 Å². The van der Waals surface area contributed by atoms with Gasteiger partial charge in [0.1, 0.15) is 30.2 Å². The van der Waals surface area contributed by atoms with Crippen LogP contribution in [-0.4, -0.2) is 128 Å². The normalized spacial score (nSPS) is 14.6. The number of H-pyrrole nitrogens is 2. The summed E-state index contributed by atoms with van der Waals surface area (Å²) in [4.78, 5) is 111. The highest BCUT2D eigenvalue weighted by Gasteiger charge is 2.36. The molecule has 4 aromatic rings. The lowest BCUT2D eigenvalue weighted by molar-refractivity contribution is -0.143. The summed E-state index contributed by atoms with van der Waals surface area (Å²) in [5.74, 6) is -8.99. The molecule has 0 spiro atoms. The van der Waals surface area contributed by atoms with Gasteiger partial charge < -0.3 is 68.7 Å². The fourth-order valence-corrected chi connectivity index (χ4v) is 6.99. The minimum Gasteiger partial charge on any atom is -0.481 e. The van der Waals surface area contributed by atoms with Crippen molar-refractivity contribution in [3.8, 4) is 0 Å². The van der Waals surface area contributed by atoms with Crippen LogP contribution in [0.5, 0.6) is 0 Å². The number of rotatable bonds is 25. The minimum absolute atomic E-state index is 0.154. The first kappa shape index (κ1) is 49.8. The van der Waals surface area contributed by atoms with Crippen molar-refractivity contribution in [2.24, 2.45) is 17.4 Å². The topological polar surface area (TPSA) is 353 Å². The number of aliphatic carboxylic acids is 2. The monoisotopic (exact) mass is 890 g/mol. The van der Waals surface area contributed by atoms with Crippen LogP contribution in [-0.2, 0) is 51.2 Å². The number of carboxylic acid groups (broad SMARTS) is 2. The maximum Gasteiger partial charge on any atom is 0.326 e. The van der Waals surface area contributed by atoms with Crippen molar-refractivity contribution in [2.45, 2.75) is 102 Å². The van der Waals surface area contributed by atoms with Gasteiger partial charge in [-0.1, -0.05) is 56.7 Å². The van der Waals surface area contributed by atoms with Gasteiger partial charge in [0.05, 0.1) is 25.1 Å². The van der Waals surface area contributed by atoms with Crippen LogP contribution < -0.4 is 43.4 Å². The Bertz CT molecular complexity index is 2290. The molecule has 0 aliphatic rings. The third-order valence-corrected chi connectivity index (χ3v) is 10.5. The summed E-state index contributed by atoms with van der Waals surface area (Å²) >= 11 is 0. The number of nitrogens with one attached hydrogen (secondary N) is 8. The first-order chi connectivity index (χ1) is 30.4. The van der Waals surface area contributed by atoms with Crippen molar-refractivity contribution < 1.29 is 53.7 Å². The zero-order chi connectivity index (χ0) is 47.1. The molecule has 0 fully saturated rings. The number of para-hydroxylation sites is 2. The maximum absolute atomic E-state index is 14.0. The summed E-state index contributed by atoms with van der Waals surface area (Å²) in [5.41, 5.74) is 14.0. The summed E-state index contributed by atoms with van der Waals surface area (Å²) < 4.78 is 0. The third-order valence-electron chi connectivity index (χ3n) is 10.5. The number of carbonyl (C=O) groups is 8. The molecule has 2 aromatic heterocycles. The van der Waals surface area contributed by atoms with Gasteiger partial charge in [0.2, 0.25) is 35.4 Å². The average Bonchev–Trinajstić information content (AvgIpc) is 3.86. The molecule has 15 N–H and O–H groups in total. The Hall–Kier alpha value is -6.84. The number of amides is 6. The van der Waals surface area contributed by atoms with E-state index in [0.717, 1.165) is 12.4 Å². The van der Waals surface area contributed by atoms with Crippen molar-refractivity contribution in [2.75, 3.05) is 13.1 Å². The third kappa shape index (κ3) is 14.1. The summed E-state index contributed by atoms with van der Waals surface area (Å²) in [7, 11) is 0. The molecule has 0 saturated heterocycles. The highest BCUT2D eigenvalue weighted by atomic mass is 16.4. The number of carbonyl (C=O) groups excluding carboxylic acids is 6. The molecule has 2 heterocycles. The van der Waals surface area contributed by atoms with E-state index in [2.05, 4.69) is 41.9 Å². The Kier molecular flexibility index (Phi) is 18.3. The minimum atomic E-state index is -1.87. The predicted octanol–water partition coefficient (Wildman–Crippen LogP) is -0.973. The summed E-state index contributed by atoms with van der Waals surface area (Å²) in [6.07, 6.45) is 1.84. The molecule has 0 radical (unpaired) electrons. The lowest BCUT2D eigenvalue weighted by atomic mass is 10.0. The zero-order valence-electron chi connectivity index (χ0n) is 35.8. The molecular weight excluding hydrogens is 833 g/mol. The van der Waals surface area contributed by atoms with Gasteiger partial charge in [0, 0.05) is 47.0 Å². The first-order valence-corrected chi connectivity index (χ1v) is 20.9. The van der Waals surface area contributed by atoms with Crippen LogP contribution in [0.3, 0.4) is 0 Å². The van der Waals surface area contributed by atoms with Gasteiger partial charge in [-0.25, -0.2) is 4.79 Å². The van der Waals surface area contributed by atoms with Crippen LogP contribution in [0.25, 0.3) is 21.8 Å². The second-order valence-electron chi connectivity index (χ2n) is 15.9. The number of aliphatic hydroxyl groups excluding tert-OH is 1. The van der Waals surface area contributed by atoms with Gasteiger partial charge in [-0.15, -0.1) is 0 Å². The Labute approximate surface area is 368 Å². The molecule has 4 rings (SSSR count). The van der Waals surface area contributed by atoms with E-state index >= 15 is 0 Å². The van der Waals surface area contributed by atoms with E-state index < -0.39 is 109 Å². The molecule has 0 aliphatic carbocycles. The SMILES string of the molecule is CC(C)[C@H](NC(=O)[C@H](Cc1c[nH]c2ccccc12)NC(=O)[C@@H](NC(=O)[C@H](CC(=O)O)NC(=O)[C@H](Cc1c[nH]c2ccccc12)NC(=O)CNC(=O)[C@@H](N)CCCCN)[C@@H](C)O)C(=O)O. The second kappa shape index (κ2) is 23.6. The Morgan fingerprint density at radius 2 is 1.14 bits per heavy atom. The van der Waals surface area contributed by atoms with Gasteiger partial charge in [0.25, 0.3) is 0 Å². The van der Waals surface area contributed by atoms with E-state index in [1.54, 1.807) is 74.8 Å². The number of unbranched alkanes of at least 4 members (excludes halogenated alkanes) is 1. The van der Waals surface area contributed by atoms with Crippen molar-refractivity contribution >= 4 is 69.2 Å². The second-order valence-corrected chi connectivity index (χ2v) is 15.9. The number of fused-ring (bicyclic) bond motifs is 2. The van der Waals surface area contributed by atoms with Crippen LogP contribution in [0.4, 0.5) is 0 Å². The summed E-state index contributed by atoms with van der Waals surface area (Å²) in [6, 6.07) is 5.40. The van der Waals surface area contributed by atoms with E-state index in [-0.39, 0.29) is 12.8 Å². The van der Waals surface area contributed by atoms with Crippen LogP contribution >= 0.6 is 0 Å². The summed E-state index contributed by atoms with van der Waals surface area (Å²) in [5, 5.41) is 46.3. The first-order valence-electron chi connectivity index (χ1n) is 20.9. The number of aromatic amines is 2. The molecule has 64 heavy (non-hydrogen) atoms. The van der Waals surface area contributed by atoms with Gasteiger partial charge >= 0.3 is 11.9 Å². The van der Waals surface area contributed by atoms with Crippen LogP contribution in [0.15, 0.2) is 60.9 Å². The lowest BCUT2D eigenvalue weighted by Crippen LogP contribution is -2.62. The molecule has 0 bridgehead atoms. The smallest absolute Gasteiger partial charge is 0.326 e. The maximum atomic E-state index is 14.0. The molecule has 0 aliphatic heterocycles. The number of carboxylic acids is 2. The molecule has 6 amide bonds. The van der Waals surface area contributed by atoms with Crippen LogP contribution in [0.1, 0.15) is 57.6 Å². The Morgan fingerprint density at radius 3 is 1.66 bits per heavy atom. The van der Waals surface area contributed by atoms with Gasteiger partial charge in [-0.05, 0) is 55.5 Å². The number of aromatic nitrogens is 2. The van der Waals surface area contributed by atoms with E-state index in [4.69, 9.17) is 11.5 Å². The van der Waals surface area contributed by atoms with E-state index in [1.807, 2.05) is 0 Å². The number of hydrogen-bond acceptors (Lipinski definition) is 11. The van der Waals surface area contributed by atoms with Crippen molar-refractivity contribution in [3.05, 3.63) is 72.1 Å². The quantitative estimate of drug-likeness (QED) is 0.0357. The van der Waals surface area contributed by atoms with E-state index in [9.17, 15) is 53.7 Å². The molecule has 7 atom stereocenters.